The molecule has 31 heavy (non-hydrogen) atoms. The van der Waals surface area contributed by atoms with Crippen LogP contribution in [0.2, 0.25) is 0 Å². The Balaban J connectivity index is 2.30. The summed E-state index contributed by atoms with van der Waals surface area (Å²) in [5.41, 5.74) is 0.565. The molecule has 0 fully saturated rings. The van der Waals surface area contributed by atoms with Gasteiger partial charge in [-0.05, 0) is 60.4 Å². The van der Waals surface area contributed by atoms with E-state index in [2.05, 4.69) is 10.6 Å². The molecule has 2 amide bonds. The van der Waals surface area contributed by atoms with Gasteiger partial charge in [-0.15, -0.1) is 0 Å². The molecular formula is C23H25FN2O5. The molecule has 0 saturated carbocycles. The Bertz CT molecular complexity index is 953. The summed E-state index contributed by atoms with van der Waals surface area (Å²) >= 11 is 0. The fraction of sp³-hybridized carbons (Fsp3) is 0.261. The Kier molecular flexibility index (Phi) is 8.31. The van der Waals surface area contributed by atoms with Gasteiger partial charge in [0.2, 0.25) is 0 Å². The largest absolute Gasteiger partial charge is 0.497 e. The Morgan fingerprint density at radius 2 is 1.68 bits per heavy atom. The molecule has 1 atom stereocenters. The lowest BCUT2D eigenvalue weighted by Gasteiger charge is -2.18. The monoisotopic (exact) mass is 428 g/mol. The predicted molar refractivity (Wildman–Crippen MR) is 114 cm³/mol. The average Bonchev–Trinajstić information content (AvgIpc) is 2.73. The lowest BCUT2D eigenvalue weighted by molar-refractivity contribution is -0.141. The summed E-state index contributed by atoms with van der Waals surface area (Å²) in [6.45, 7) is 3.67. The van der Waals surface area contributed by atoms with Gasteiger partial charge in [-0.2, -0.15) is 0 Å². The molecule has 0 heterocycles. The van der Waals surface area contributed by atoms with Crippen LogP contribution in [0.1, 0.15) is 36.2 Å². The number of rotatable bonds is 9. The number of ether oxygens (including phenoxy) is 1. The van der Waals surface area contributed by atoms with Crippen LogP contribution in [0.3, 0.4) is 0 Å². The normalized spacial score (nSPS) is 12.2. The van der Waals surface area contributed by atoms with Crippen molar-refractivity contribution >= 4 is 23.9 Å². The van der Waals surface area contributed by atoms with Crippen LogP contribution in [0.5, 0.6) is 5.75 Å². The van der Waals surface area contributed by atoms with Crippen molar-refractivity contribution < 1.29 is 28.6 Å². The maximum absolute atomic E-state index is 13.2. The van der Waals surface area contributed by atoms with E-state index in [0.717, 1.165) is 0 Å². The topological polar surface area (TPSA) is 105 Å². The van der Waals surface area contributed by atoms with Crippen molar-refractivity contribution in [2.75, 3.05) is 7.11 Å². The SMILES string of the molecule is COc1ccc(C(=O)N/C(=C/c2ccc(F)cc2)C(=O)N[C@H](CC(C)C)C(=O)O)cc1. The van der Waals surface area contributed by atoms with Gasteiger partial charge in [0.25, 0.3) is 11.8 Å². The Hall–Kier alpha value is -3.68. The molecule has 0 saturated heterocycles. The molecule has 164 valence electrons. The summed E-state index contributed by atoms with van der Waals surface area (Å²) in [5.74, 6) is -2.37. The van der Waals surface area contributed by atoms with Crippen LogP contribution < -0.4 is 15.4 Å². The lowest BCUT2D eigenvalue weighted by Crippen LogP contribution is -2.45. The molecule has 8 heteroatoms. The third-order valence-electron chi connectivity index (χ3n) is 4.34. The van der Waals surface area contributed by atoms with Crippen LogP contribution in [-0.4, -0.2) is 36.0 Å². The molecule has 3 N–H and O–H groups in total. The van der Waals surface area contributed by atoms with E-state index in [1.807, 2.05) is 13.8 Å². The number of hydrogen-bond donors (Lipinski definition) is 3. The molecule has 0 radical (unpaired) electrons. The molecular weight excluding hydrogens is 403 g/mol. The van der Waals surface area contributed by atoms with E-state index in [0.29, 0.717) is 11.3 Å². The first-order valence-electron chi connectivity index (χ1n) is 9.66. The molecule has 7 nitrogen and oxygen atoms in total. The molecule has 0 spiro atoms. The van der Waals surface area contributed by atoms with Gasteiger partial charge >= 0.3 is 5.97 Å². The molecule has 2 aromatic rings. The molecule has 2 aromatic carbocycles. The van der Waals surface area contributed by atoms with E-state index < -0.39 is 29.6 Å². The van der Waals surface area contributed by atoms with Gasteiger partial charge in [0.1, 0.15) is 23.3 Å². The summed E-state index contributed by atoms with van der Waals surface area (Å²) in [5, 5.41) is 14.4. The first-order chi connectivity index (χ1) is 14.7. The second kappa shape index (κ2) is 10.9. The molecule has 2 rings (SSSR count). The van der Waals surface area contributed by atoms with Gasteiger partial charge in [0.15, 0.2) is 0 Å². The molecule has 0 aliphatic carbocycles. The van der Waals surface area contributed by atoms with E-state index in [9.17, 15) is 23.9 Å². The summed E-state index contributed by atoms with van der Waals surface area (Å²) in [7, 11) is 1.50. The second-order valence-electron chi connectivity index (χ2n) is 7.29. The highest BCUT2D eigenvalue weighted by Crippen LogP contribution is 2.13. The van der Waals surface area contributed by atoms with Crippen molar-refractivity contribution in [2.24, 2.45) is 5.92 Å². The zero-order chi connectivity index (χ0) is 23.0. The number of benzene rings is 2. The van der Waals surface area contributed by atoms with Gasteiger partial charge < -0.3 is 20.5 Å². The minimum Gasteiger partial charge on any atom is -0.497 e. The summed E-state index contributed by atoms with van der Waals surface area (Å²) < 4.78 is 18.3. The number of methoxy groups -OCH3 is 1. The van der Waals surface area contributed by atoms with Crippen molar-refractivity contribution in [3.05, 3.63) is 71.2 Å². The minimum absolute atomic E-state index is 0.0276. The van der Waals surface area contributed by atoms with Crippen LogP contribution in [0.4, 0.5) is 4.39 Å². The van der Waals surface area contributed by atoms with Gasteiger partial charge in [0.05, 0.1) is 7.11 Å². The summed E-state index contributed by atoms with van der Waals surface area (Å²) in [4.78, 5) is 37.0. The number of carbonyl (C=O) groups excluding carboxylic acids is 2. The summed E-state index contributed by atoms with van der Waals surface area (Å²) in [6.07, 6.45) is 1.57. The quantitative estimate of drug-likeness (QED) is 0.532. The van der Waals surface area contributed by atoms with E-state index in [1.54, 1.807) is 12.1 Å². The van der Waals surface area contributed by atoms with Crippen molar-refractivity contribution in [3.63, 3.8) is 0 Å². The van der Waals surface area contributed by atoms with E-state index in [4.69, 9.17) is 4.74 Å². The third-order valence-corrected chi connectivity index (χ3v) is 4.34. The van der Waals surface area contributed by atoms with Crippen molar-refractivity contribution in [1.29, 1.82) is 0 Å². The highest BCUT2D eigenvalue weighted by Gasteiger charge is 2.24. The second-order valence-corrected chi connectivity index (χ2v) is 7.29. The number of halogens is 1. The first-order valence-corrected chi connectivity index (χ1v) is 9.66. The highest BCUT2D eigenvalue weighted by atomic mass is 19.1. The Morgan fingerprint density at radius 1 is 1.06 bits per heavy atom. The first kappa shape index (κ1) is 23.6. The van der Waals surface area contributed by atoms with E-state index in [1.165, 1.54) is 49.6 Å². The van der Waals surface area contributed by atoms with Crippen LogP contribution in [-0.2, 0) is 9.59 Å². The maximum Gasteiger partial charge on any atom is 0.326 e. The van der Waals surface area contributed by atoms with Gasteiger partial charge in [-0.1, -0.05) is 26.0 Å². The maximum atomic E-state index is 13.2. The zero-order valence-electron chi connectivity index (χ0n) is 17.5. The highest BCUT2D eigenvalue weighted by molar-refractivity contribution is 6.06. The number of nitrogens with one attached hydrogen (secondary N) is 2. The number of hydrogen-bond acceptors (Lipinski definition) is 4. The average molecular weight is 428 g/mol. The Labute approximate surface area is 179 Å². The molecule has 0 aliphatic heterocycles. The third kappa shape index (κ3) is 7.26. The van der Waals surface area contributed by atoms with Crippen molar-refractivity contribution in [2.45, 2.75) is 26.3 Å². The van der Waals surface area contributed by atoms with Crippen LogP contribution in [0, 0.1) is 11.7 Å². The molecule has 0 bridgehead atoms. The van der Waals surface area contributed by atoms with Crippen LogP contribution in [0.15, 0.2) is 54.2 Å². The fourth-order valence-corrected chi connectivity index (χ4v) is 2.75. The van der Waals surface area contributed by atoms with E-state index >= 15 is 0 Å². The smallest absolute Gasteiger partial charge is 0.326 e. The number of aliphatic carboxylic acids is 1. The van der Waals surface area contributed by atoms with Crippen LogP contribution >= 0.6 is 0 Å². The number of amides is 2. The Morgan fingerprint density at radius 3 is 2.19 bits per heavy atom. The van der Waals surface area contributed by atoms with Crippen molar-refractivity contribution in [3.8, 4) is 5.75 Å². The van der Waals surface area contributed by atoms with E-state index in [-0.39, 0.29) is 23.6 Å². The number of carbonyl (C=O) groups is 3. The van der Waals surface area contributed by atoms with Gasteiger partial charge in [0, 0.05) is 5.56 Å². The van der Waals surface area contributed by atoms with Crippen molar-refractivity contribution in [1.82, 2.24) is 10.6 Å². The summed E-state index contributed by atoms with van der Waals surface area (Å²) in [6, 6.07) is 10.4. The zero-order valence-corrected chi connectivity index (χ0v) is 17.5. The molecule has 0 aromatic heterocycles. The minimum atomic E-state index is -1.18. The number of carboxylic acid groups (broad SMARTS) is 1. The standard InChI is InChI=1S/C23H25FN2O5/c1-14(2)12-20(23(29)30)26-22(28)19(13-15-4-8-17(24)9-5-15)25-21(27)16-6-10-18(31-3)11-7-16/h4-11,13-14,20H,12H2,1-3H3,(H,25,27)(H,26,28)(H,29,30)/b19-13+/t20-/m1/s1. The van der Waals surface area contributed by atoms with Gasteiger partial charge in [-0.3, -0.25) is 9.59 Å². The molecule has 0 aliphatic rings. The predicted octanol–water partition coefficient (Wildman–Crippen LogP) is 3.22. The lowest BCUT2D eigenvalue weighted by atomic mass is 10.0. The van der Waals surface area contributed by atoms with Gasteiger partial charge in [-0.25, -0.2) is 9.18 Å². The fourth-order valence-electron chi connectivity index (χ4n) is 2.75. The number of carboxylic acids is 1. The van der Waals surface area contributed by atoms with Crippen LogP contribution in [0.25, 0.3) is 6.08 Å². The molecule has 0 unspecified atom stereocenters.